The van der Waals surface area contributed by atoms with Crippen molar-refractivity contribution in [2.75, 3.05) is 18.5 Å². The smallest absolute Gasteiger partial charge is 0.340 e. The predicted molar refractivity (Wildman–Crippen MR) is 101 cm³/mol. The number of para-hydroxylation sites is 1. The van der Waals surface area contributed by atoms with Gasteiger partial charge >= 0.3 is 5.97 Å². The number of anilines is 1. The van der Waals surface area contributed by atoms with Gasteiger partial charge in [0.15, 0.2) is 0 Å². The molecular weight excluding hydrogens is 347 g/mol. The molecule has 0 unspecified atom stereocenters. The van der Waals surface area contributed by atoms with Gasteiger partial charge in [-0.25, -0.2) is 9.18 Å². The summed E-state index contributed by atoms with van der Waals surface area (Å²) in [6, 6.07) is 13.6. The number of nitrogens with zero attached hydrogens (tertiary/aromatic N) is 1. The third-order valence-corrected chi connectivity index (χ3v) is 4.44. The monoisotopic (exact) mass is 370 g/mol. The number of halogens is 1. The van der Waals surface area contributed by atoms with E-state index in [-0.39, 0.29) is 30.9 Å². The van der Waals surface area contributed by atoms with Crippen LogP contribution < -0.4 is 5.32 Å². The van der Waals surface area contributed by atoms with E-state index >= 15 is 0 Å². The van der Waals surface area contributed by atoms with Crippen LogP contribution in [0.15, 0.2) is 48.5 Å². The molecule has 142 valence electrons. The minimum atomic E-state index is -0.473. The van der Waals surface area contributed by atoms with Gasteiger partial charge in [0.1, 0.15) is 5.82 Å². The van der Waals surface area contributed by atoms with E-state index in [9.17, 15) is 14.0 Å². The van der Waals surface area contributed by atoms with Crippen molar-refractivity contribution < 1.29 is 18.7 Å². The zero-order valence-electron chi connectivity index (χ0n) is 15.3. The molecule has 1 N–H and O–H groups in total. The van der Waals surface area contributed by atoms with E-state index in [0.29, 0.717) is 23.4 Å². The maximum atomic E-state index is 14.0. The third-order valence-electron chi connectivity index (χ3n) is 4.44. The molecule has 0 spiro atoms. The zero-order chi connectivity index (χ0) is 19.2. The highest BCUT2D eigenvalue weighted by Crippen LogP contribution is 2.28. The lowest BCUT2D eigenvalue weighted by atomic mass is 10.1. The minimum absolute atomic E-state index is 0.135. The summed E-state index contributed by atoms with van der Waals surface area (Å²) >= 11 is 0. The first-order valence-corrected chi connectivity index (χ1v) is 9.12. The fourth-order valence-corrected chi connectivity index (χ4v) is 2.95. The summed E-state index contributed by atoms with van der Waals surface area (Å²) in [6.07, 6.45) is 2.00. The molecular formula is C21H23FN2O3. The Kier molecular flexibility index (Phi) is 6.19. The van der Waals surface area contributed by atoms with E-state index in [1.54, 1.807) is 49.4 Å². The topological polar surface area (TPSA) is 58.6 Å². The maximum Gasteiger partial charge on any atom is 0.340 e. The van der Waals surface area contributed by atoms with Crippen LogP contribution in [-0.4, -0.2) is 36.0 Å². The van der Waals surface area contributed by atoms with Gasteiger partial charge in [-0.15, -0.1) is 0 Å². The van der Waals surface area contributed by atoms with Gasteiger partial charge in [0.05, 0.1) is 24.4 Å². The second kappa shape index (κ2) is 8.77. The van der Waals surface area contributed by atoms with Crippen LogP contribution in [0.2, 0.25) is 0 Å². The number of carbonyl (C=O) groups is 2. The molecule has 1 fully saturated rings. The molecule has 0 aromatic heterocycles. The van der Waals surface area contributed by atoms with Crippen LogP contribution in [0, 0.1) is 5.82 Å². The Morgan fingerprint density at radius 1 is 1.15 bits per heavy atom. The molecule has 6 heteroatoms. The van der Waals surface area contributed by atoms with Crippen molar-refractivity contribution in [3.8, 4) is 0 Å². The summed E-state index contributed by atoms with van der Waals surface area (Å²) in [5, 5.41) is 2.79. The summed E-state index contributed by atoms with van der Waals surface area (Å²) in [5.74, 6) is -0.981. The second-order valence-corrected chi connectivity index (χ2v) is 6.54. The van der Waals surface area contributed by atoms with Crippen LogP contribution in [0.4, 0.5) is 10.1 Å². The summed E-state index contributed by atoms with van der Waals surface area (Å²) < 4.78 is 19.0. The average Bonchev–Trinajstić information content (AvgIpc) is 3.49. The minimum Gasteiger partial charge on any atom is -0.462 e. The van der Waals surface area contributed by atoms with E-state index in [1.807, 2.05) is 4.90 Å². The molecule has 2 aromatic rings. The fraction of sp³-hybridized carbons (Fsp3) is 0.333. The van der Waals surface area contributed by atoms with Gasteiger partial charge in [0.25, 0.3) is 0 Å². The number of hydrogen-bond acceptors (Lipinski definition) is 4. The average molecular weight is 370 g/mol. The molecule has 5 nitrogen and oxygen atoms in total. The van der Waals surface area contributed by atoms with Gasteiger partial charge in [-0.1, -0.05) is 30.3 Å². The van der Waals surface area contributed by atoms with Crippen molar-refractivity contribution in [2.45, 2.75) is 32.4 Å². The molecule has 1 amide bonds. The molecule has 1 aliphatic rings. The van der Waals surface area contributed by atoms with Crippen molar-refractivity contribution in [3.05, 3.63) is 65.5 Å². The van der Waals surface area contributed by atoms with Gasteiger partial charge in [0.2, 0.25) is 5.91 Å². The van der Waals surface area contributed by atoms with Crippen molar-refractivity contribution >= 4 is 17.6 Å². The molecule has 0 aliphatic heterocycles. The Morgan fingerprint density at radius 2 is 1.85 bits per heavy atom. The Bertz CT molecular complexity index is 821. The van der Waals surface area contributed by atoms with E-state index < -0.39 is 5.97 Å². The number of rotatable bonds is 8. The number of esters is 1. The lowest BCUT2D eigenvalue weighted by Gasteiger charge is -2.22. The Labute approximate surface area is 158 Å². The van der Waals surface area contributed by atoms with Crippen molar-refractivity contribution in [3.63, 3.8) is 0 Å². The Hall–Kier alpha value is -2.73. The molecule has 1 saturated carbocycles. The van der Waals surface area contributed by atoms with Crippen molar-refractivity contribution in [1.82, 2.24) is 4.90 Å². The first-order chi connectivity index (χ1) is 13.1. The van der Waals surface area contributed by atoms with Crippen LogP contribution in [0.5, 0.6) is 0 Å². The molecule has 0 radical (unpaired) electrons. The standard InChI is InChI=1S/C21H23FN2O3/c1-2-27-21(26)17-8-4-6-10-19(17)23-20(25)14-24(16-11-12-16)13-15-7-3-5-9-18(15)22/h3-10,16H,2,11-14H2,1H3,(H,23,25). The lowest BCUT2D eigenvalue weighted by Crippen LogP contribution is -2.35. The van der Waals surface area contributed by atoms with Gasteiger partial charge in [-0.05, 0) is 38.0 Å². The molecule has 0 saturated heterocycles. The summed E-state index contributed by atoms with van der Waals surface area (Å²) in [4.78, 5) is 26.6. The molecule has 0 bridgehead atoms. The molecule has 2 aromatic carbocycles. The molecule has 1 aliphatic carbocycles. The normalized spacial score (nSPS) is 13.4. The molecule has 0 atom stereocenters. The van der Waals surface area contributed by atoms with Crippen molar-refractivity contribution in [1.29, 1.82) is 0 Å². The Balaban J connectivity index is 1.67. The highest BCUT2D eigenvalue weighted by Gasteiger charge is 2.31. The molecule has 27 heavy (non-hydrogen) atoms. The van der Waals surface area contributed by atoms with Gasteiger partial charge in [-0.2, -0.15) is 0 Å². The largest absolute Gasteiger partial charge is 0.462 e. The number of benzene rings is 2. The number of amides is 1. The zero-order valence-corrected chi connectivity index (χ0v) is 15.3. The van der Waals surface area contributed by atoms with Gasteiger partial charge < -0.3 is 10.1 Å². The maximum absolute atomic E-state index is 14.0. The van der Waals surface area contributed by atoms with Crippen molar-refractivity contribution in [2.24, 2.45) is 0 Å². The third kappa shape index (κ3) is 5.14. The highest BCUT2D eigenvalue weighted by atomic mass is 19.1. The van der Waals surface area contributed by atoms with E-state index in [2.05, 4.69) is 5.32 Å². The number of ether oxygens (including phenoxy) is 1. The predicted octanol–water partition coefficient (Wildman–Crippen LogP) is 3.61. The number of nitrogens with one attached hydrogen (secondary N) is 1. The van der Waals surface area contributed by atoms with E-state index in [0.717, 1.165) is 12.8 Å². The Morgan fingerprint density at radius 3 is 2.56 bits per heavy atom. The van der Waals surface area contributed by atoms with Gasteiger partial charge in [-0.3, -0.25) is 9.69 Å². The lowest BCUT2D eigenvalue weighted by molar-refractivity contribution is -0.117. The van der Waals surface area contributed by atoms with Crippen LogP contribution in [0.25, 0.3) is 0 Å². The number of hydrogen-bond donors (Lipinski definition) is 1. The SMILES string of the molecule is CCOC(=O)c1ccccc1NC(=O)CN(Cc1ccccc1F)C1CC1. The summed E-state index contributed by atoms with van der Waals surface area (Å²) in [6.45, 7) is 2.51. The van der Waals surface area contributed by atoms with Crippen LogP contribution >= 0.6 is 0 Å². The first-order valence-electron chi connectivity index (χ1n) is 9.12. The van der Waals surface area contributed by atoms with Crippen LogP contribution in [0.1, 0.15) is 35.7 Å². The molecule has 0 heterocycles. The summed E-state index contributed by atoms with van der Waals surface area (Å²) in [7, 11) is 0. The fourth-order valence-electron chi connectivity index (χ4n) is 2.95. The van der Waals surface area contributed by atoms with Crippen LogP contribution in [0.3, 0.4) is 0 Å². The second-order valence-electron chi connectivity index (χ2n) is 6.54. The van der Waals surface area contributed by atoms with E-state index in [4.69, 9.17) is 4.74 Å². The quantitative estimate of drug-likeness (QED) is 0.722. The first kappa shape index (κ1) is 19.0. The van der Waals surface area contributed by atoms with Crippen LogP contribution in [-0.2, 0) is 16.1 Å². The van der Waals surface area contributed by atoms with Gasteiger partial charge in [0, 0.05) is 18.2 Å². The highest BCUT2D eigenvalue weighted by molar-refractivity contribution is 6.01. The molecule has 3 rings (SSSR count). The number of carbonyl (C=O) groups excluding carboxylic acids is 2. The van der Waals surface area contributed by atoms with E-state index in [1.165, 1.54) is 6.07 Å². The summed E-state index contributed by atoms with van der Waals surface area (Å²) in [5.41, 5.74) is 1.31.